The summed E-state index contributed by atoms with van der Waals surface area (Å²) in [4.78, 5) is 29.5. The number of primary amides is 1. The summed E-state index contributed by atoms with van der Waals surface area (Å²) in [5.41, 5.74) is 6.60. The van der Waals surface area contributed by atoms with Crippen LogP contribution in [-0.2, 0) is 14.3 Å². The van der Waals surface area contributed by atoms with Crippen molar-refractivity contribution in [2.75, 3.05) is 25.2 Å². The predicted molar refractivity (Wildman–Crippen MR) is 84.2 cm³/mol. The molecule has 120 valence electrons. The third kappa shape index (κ3) is 3.09. The first-order valence-corrected chi connectivity index (χ1v) is 7.24. The zero-order valence-electron chi connectivity index (χ0n) is 12.7. The van der Waals surface area contributed by atoms with Crippen LogP contribution in [0.15, 0.2) is 30.3 Å². The van der Waals surface area contributed by atoms with Crippen molar-refractivity contribution in [2.24, 2.45) is 5.73 Å². The molecule has 1 unspecified atom stereocenters. The molecule has 3 rings (SSSR count). The Kier molecular flexibility index (Phi) is 4.12. The number of methoxy groups -OCH3 is 1. The highest BCUT2D eigenvalue weighted by Gasteiger charge is 2.31. The van der Waals surface area contributed by atoms with Gasteiger partial charge >= 0.3 is 0 Å². The molecule has 7 nitrogen and oxygen atoms in total. The van der Waals surface area contributed by atoms with Gasteiger partial charge in [0.15, 0.2) is 0 Å². The van der Waals surface area contributed by atoms with Crippen LogP contribution >= 0.6 is 0 Å². The Balaban J connectivity index is 1.92. The van der Waals surface area contributed by atoms with Gasteiger partial charge < -0.3 is 20.1 Å². The Morgan fingerprint density at radius 3 is 2.96 bits per heavy atom. The molecule has 2 heterocycles. The second-order valence-corrected chi connectivity index (χ2v) is 5.25. The predicted octanol–water partition coefficient (Wildman–Crippen LogP) is 0.851. The highest BCUT2D eigenvalue weighted by atomic mass is 16.5. The molecule has 23 heavy (non-hydrogen) atoms. The maximum atomic E-state index is 12.5. The lowest BCUT2D eigenvalue weighted by Gasteiger charge is -2.32. The minimum atomic E-state index is -0.824. The molecule has 1 fully saturated rings. The average Bonchev–Trinajstić information content (AvgIpc) is 2.55. The van der Waals surface area contributed by atoms with Gasteiger partial charge in [-0.15, -0.1) is 0 Å². The lowest BCUT2D eigenvalue weighted by atomic mass is 10.1. The Morgan fingerprint density at radius 1 is 1.43 bits per heavy atom. The molecule has 0 spiro atoms. The summed E-state index contributed by atoms with van der Waals surface area (Å²) in [6.45, 7) is 0.775. The normalized spacial score (nSPS) is 18.2. The van der Waals surface area contributed by atoms with Crippen molar-refractivity contribution in [1.29, 1.82) is 0 Å². The maximum Gasteiger partial charge on any atom is 0.256 e. The van der Waals surface area contributed by atoms with Crippen LogP contribution in [0, 0.1) is 0 Å². The molecule has 1 saturated heterocycles. The number of aromatic nitrogens is 1. The fraction of sp³-hybridized carbons (Fsp3) is 0.312. The molecular formula is C16H17N3O4. The van der Waals surface area contributed by atoms with E-state index in [-0.39, 0.29) is 12.3 Å². The summed E-state index contributed by atoms with van der Waals surface area (Å²) in [5, 5.41) is 0.948. The average molecular weight is 315 g/mol. The minimum absolute atomic E-state index is 0.116. The van der Waals surface area contributed by atoms with E-state index in [4.69, 9.17) is 15.2 Å². The Hall–Kier alpha value is -2.67. The monoisotopic (exact) mass is 315 g/mol. The zero-order chi connectivity index (χ0) is 16.4. The highest BCUT2D eigenvalue weighted by molar-refractivity contribution is 6.00. The van der Waals surface area contributed by atoms with Crippen molar-refractivity contribution in [3.05, 3.63) is 30.3 Å². The van der Waals surface area contributed by atoms with E-state index in [0.29, 0.717) is 24.7 Å². The van der Waals surface area contributed by atoms with Gasteiger partial charge in [-0.1, -0.05) is 6.07 Å². The number of amides is 2. The van der Waals surface area contributed by atoms with Gasteiger partial charge in [0.25, 0.3) is 5.91 Å². The van der Waals surface area contributed by atoms with Gasteiger partial charge in [0.05, 0.1) is 25.7 Å². The molecule has 1 aromatic carbocycles. The van der Waals surface area contributed by atoms with Gasteiger partial charge in [-0.3, -0.25) is 9.59 Å². The van der Waals surface area contributed by atoms with Gasteiger partial charge in [0.1, 0.15) is 6.10 Å². The molecule has 2 N–H and O–H groups in total. The number of hydrogen-bond donors (Lipinski definition) is 1. The van der Waals surface area contributed by atoms with Crippen LogP contribution in [0.4, 0.5) is 5.69 Å². The van der Waals surface area contributed by atoms with Gasteiger partial charge in [-0.25, -0.2) is 4.98 Å². The number of nitrogens with two attached hydrogens (primary N) is 1. The number of fused-ring (bicyclic) bond motifs is 1. The van der Waals surface area contributed by atoms with E-state index in [9.17, 15) is 9.59 Å². The van der Waals surface area contributed by atoms with E-state index in [1.54, 1.807) is 18.1 Å². The summed E-state index contributed by atoms with van der Waals surface area (Å²) in [6.07, 6.45) is -0.940. The Bertz CT molecular complexity index is 762. The Labute approximate surface area is 133 Å². The molecule has 1 aliphatic rings. The van der Waals surface area contributed by atoms with Gasteiger partial charge in [0.2, 0.25) is 11.8 Å². The lowest BCUT2D eigenvalue weighted by molar-refractivity contribution is -0.138. The number of carbonyl (C=O) groups excluding carboxylic acids is 2. The van der Waals surface area contributed by atoms with Crippen LogP contribution in [0.1, 0.15) is 6.42 Å². The first-order valence-electron chi connectivity index (χ1n) is 7.24. The van der Waals surface area contributed by atoms with Crippen molar-refractivity contribution < 1.29 is 19.1 Å². The van der Waals surface area contributed by atoms with E-state index >= 15 is 0 Å². The first kappa shape index (κ1) is 15.2. The number of hydrogen-bond acceptors (Lipinski definition) is 5. The largest absolute Gasteiger partial charge is 0.481 e. The molecule has 2 amide bonds. The van der Waals surface area contributed by atoms with Crippen LogP contribution < -0.4 is 15.4 Å². The smallest absolute Gasteiger partial charge is 0.256 e. The van der Waals surface area contributed by atoms with Gasteiger partial charge in [-0.2, -0.15) is 0 Å². The zero-order valence-corrected chi connectivity index (χ0v) is 12.7. The molecule has 2 aromatic rings. The number of anilines is 1. The molecule has 0 aliphatic carbocycles. The lowest BCUT2D eigenvalue weighted by Crippen LogP contribution is -2.49. The Morgan fingerprint density at radius 2 is 2.22 bits per heavy atom. The molecule has 0 saturated carbocycles. The molecule has 1 aromatic heterocycles. The number of morpholine rings is 1. The second kappa shape index (κ2) is 6.21. The summed E-state index contributed by atoms with van der Waals surface area (Å²) < 4.78 is 10.5. The number of rotatable bonds is 4. The summed E-state index contributed by atoms with van der Waals surface area (Å²) in [7, 11) is 1.55. The third-order valence-corrected chi connectivity index (χ3v) is 3.73. The number of ether oxygens (including phenoxy) is 2. The minimum Gasteiger partial charge on any atom is -0.481 e. The number of benzene rings is 1. The van der Waals surface area contributed by atoms with Crippen molar-refractivity contribution in [1.82, 2.24) is 4.98 Å². The van der Waals surface area contributed by atoms with E-state index in [1.165, 1.54) is 0 Å². The fourth-order valence-electron chi connectivity index (χ4n) is 2.60. The number of nitrogens with zero attached hydrogens (tertiary/aromatic N) is 2. The van der Waals surface area contributed by atoms with Gasteiger partial charge in [-0.05, 0) is 18.2 Å². The quantitative estimate of drug-likeness (QED) is 0.902. The van der Waals surface area contributed by atoms with Crippen molar-refractivity contribution in [3.8, 4) is 5.88 Å². The van der Waals surface area contributed by atoms with Crippen LogP contribution in [0.2, 0.25) is 0 Å². The molecule has 1 aliphatic heterocycles. The highest BCUT2D eigenvalue weighted by Crippen LogP contribution is 2.25. The van der Waals surface area contributed by atoms with Crippen LogP contribution in [-0.4, -0.2) is 43.2 Å². The third-order valence-electron chi connectivity index (χ3n) is 3.73. The topological polar surface area (TPSA) is 94.7 Å². The summed E-state index contributed by atoms with van der Waals surface area (Å²) in [6, 6.07) is 9.25. The van der Waals surface area contributed by atoms with Crippen molar-refractivity contribution >= 4 is 28.4 Å². The van der Waals surface area contributed by atoms with Gasteiger partial charge in [0, 0.05) is 23.7 Å². The van der Waals surface area contributed by atoms with E-state index < -0.39 is 12.0 Å². The number of pyridine rings is 1. The van der Waals surface area contributed by atoms with E-state index in [1.807, 2.05) is 24.3 Å². The summed E-state index contributed by atoms with van der Waals surface area (Å²) in [5.74, 6) is -0.318. The van der Waals surface area contributed by atoms with Crippen molar-refractivity contribution in [2.45, 2.75) is 12.5 Å². The standard InChI is InChI=1S/C16H17N3O4/c1-22-15-5-3-10-2-4-11(8-12(10)18-15)19-6-7-23-13(16(19)21)9-14(17)20/h2-5,8,13H,6-7,9H2,1H3,(H2,17,20). The van der Waals surface area contributed by atoms with E-state index in [2.05, 4.69) is 4.98 Å². The molecule has 0 bridgehead atoms. The van der Waals surface area contributed by atoms with Crippen LogP contribution in [0.3, 0.4) is 0 Å². The van der Waals surface area contributed by atoms with Crippen LogP contribution in [0.25, 0.3) is 10.9 Å². The van der Waals surface area contributed by atoms with E-state index in [0.717, 1.165) is 10.9 Å². The van der Waals surface area contributed by atoms with Crippen LogP contribution in [0.5, 0.6) is 5.88 Å². The number of carbonyl (C=O) groups is 2. The summed E-state index contributed by atoms with van der Waals surface area (Å²) >= 11 is 0. The first-order chi connectivity index (χ1) is 11.1. The second-order valence-electron chi connectivity index (χ2n) is 5.25. The van der Waals surface area contributed by atoms with Crippen molar-refractivity contribution in [3.63, 3.8) is 0 Å². The molecule has 0 radical (unpaired) electrons. The molecule has 1 atom stereocenters. The fourth-order valence-corrected chi connectivity index (χ4v) is 2.60. The molecule has 7 heteroatoms. The molecular weight excluding hydrogens is 298 g/mol. The SMILES string of the molecule is COc1ccc2ccc(N3CCOC(CC(N)=O)C3=O)cc2n1. The maximum absolute atomic E-state index is 12.5.